The highest BCUT2D eigenvalue weighted by molar-refractivity contribution is 7.99. The molecule has 1 aliphatic rings. The van der Waals surface area contributed by atoms with Crippen LogP contribution in [0.4, 0.5) is 0 Å². The predicted octanol–water partition coefficient (Wildman–Crippen LogP) is 3.94. The third kappa shape index (κ3) is 6.15. The zero-order valence-electron chi connectivity index (χ0n) is 11.1. The lowest BCUT2D eigenvalue weighted by atomic mass is 9.81. The molecule has 0 unspecified atom stereocenters. The minimum absolute atomic E-state index is 0.974. The fourth-order valence-corrected chi connectivity index (χ4v) is 3.23. The Bertz CT molecular complexity index is 153. The van der Waals surface area contributed by atoms with E-state index >= 15 is 0 Å². The van der Waals surface area contributed by atoms with Crippen LogP contribution in [0.1, 0.15) is 52.4 Å². The van der Waals surface area contributed by atoms with Crippen molar-refractivity contribution in [1.82, 2.24) is 5.32 Å². The second kappa shape index (κ2) is 9.35. The third-order valence-corrected chi connectivity index (χ3v) is 4.81. The second-order valence-electron chi connectivity index (χ2n) is 5.05. The highest BCUT2D eigenvalue weighted by Crippen LogP contribution is 2.29. The van der Waals surface area contributed by atoms with Crippen molar-refractivity contribution in [2.24, 2.45) is 11.8 Å². The average molecular weight is 243 g/mol. The van der Waals surface area contributed by atoms with Crippen LogP contribution in [0.5, 0.6) is 0 Å². The average Bonchev–Trinajstić information content (AvgIpc) is 2.34. The fraction of sp³-hybridized carbons (Fsp3) is 1.00. The topological polar surface area (TPSA) is 12.0 Å². The molecule has 16 heavy (non-hydrogen) atoms. The maximum Gasteiger partial charge on any atom is -0.00205 e. The maximum atomic E-state index is 3.63. The minimum Gasteiger partial charge on any atom is -0.316 e. The molecule has 2 heteroatoms. The van der Waals surface area contributed by atoms with Crippen molar-refractivity contribution in [2.45, 2.75) is 52.4 Å². The Labute approximate surface area is 106 Å². The van der Waals surface area contributed by atoms with Crippen LogP contribution >= 0.6 is 11.8 Å². The summed E-state index contributed by atoms with van der Waals surface area (Å²) in [6.07, 6.45) is 8.63. The van der Waals surface area contributed by atoms with Gasteiger partial charge in [-0.05, 0) is 55.7 Å². The molecular weight excluding hydrogens is 214 g/mol. The summed E-state index contributed by atoms with van der Waals surface area (Å²) < 4.78 is 0. The number of hydrogen-bond acceptors (Lipinski definition) is 2. The smallest absolute Gasteiger partial charge is 0.00205 e. The van der Waals surface area contributed by atoms with E-state index in [2.05, 4.69) is 30.9 Å². The van der Waals surface area contributed by atoms with Crippen LogP contribution in [0.15, 0.2) is 0 Å². The summed E-state index contributed by atoms with van der Waals surface area (Å²) in [5.74, 6) is 4.60. The van der Waals surface area contributed by atoms with E-state index in [0.29, 0.717) is 0 Å². The molecule has 0 saturated heterocycles. The molecule has 1 fully saturated rings. The Kier molecular flexibility index (Phi) is 8.40. The van der Waals surface area contributed by atoms with Crippen LogP contribution in [0.2, 0.25) is 0 Å². The molecule has 0 bridgehead atoms. The van der Waals surface area contributed by atoms with Crippen LogP contribution in [0, 0.1) is 11.8 Å². The summed E-state index contributed by atoms with van der Waals surface area (Å²) in [7, 11) is 0. The Hall–Kier alpha value is 0.310. The van der Waals surface area contributed by atoms with Gasteiger partial charge in [0.1, 0.15) is 0 Å². The standard InChI is InChI=1S/C14H29NS/c1-3-13-6-8-14(9-7-13)12-15-10-5-11-16-4-2/h13-15H,3-12H2,1-2H3. The Morgan fingerprint density at radius 2 is 1.75 bits per heavy atom. The number of thioether (sulfide) groups is 1. The van der Waals surface area contributed by atoms with Crippen LogP contribution in [0.3, 0.4) is 0 Å². The summed E-state index contributed by atoms with van der Waals surface area (Å²) in [5.41, 5.74) is 0. The largest absolute Gasteiger partial charge is 0.316 e. The normalized spacial score (nSPS) is 25.9. The summed E-state index contributed by atoms with van der Waals surface area (Å²) in [6, 6.07) is 0. The van der Waals surface area contributed by atoms with E-state index < -0.39 is 0 Å². The van der Waals surface area contributed by atoms with Gasteiger partial charge in [0.25, 0.3) is 0 Å². The Morgan fingerprint density at radius 3 is 2.38 bits per heavy atom. The fourth-order valence-electron chi connectivity index (χ4n) is 2.59. The molecule has 0 aromatic heterocycles. The molecular formula is C14H29NS. The molecule has 96 valence electrons. The molecule has 1 rings (SSSR count). The van der Waals surface area contributed by atoms with Gasteiger partial charge in [-0.25, -0.2) is 0 Å². The van der Waals surface area contributed by atoms with Gasteiger partial charge in [-0.15, -0.1) is 0 Å². The van der Waals surface area contributed by atoms with Crippen molar-refractivity contribution < 1.29 is 0 Å². The SMILES string of the molecule is CCSCCCNCC1CCC(CC)CC1. The van der Waals surface area contributed by atoms with E-state index in [1.54, 1.807) is 0 Å². The molecule has 1 aliphatic carbocycles. The van der Waals surface area contributed by atoms with Gasteiger partial charge < -0.3 is 5.32 Å². The van der Waals surface area contributed by atoms with E-state index in [9.17, 15) is 0 Å². The number of rotatable bonds is 8. The highest BCUT2D eigenvalue weighted by atomic mass is 32.2. The Balaban J connectivity index is 1.90. The van der Waals surface area contributed by atoms with Crippen LogP contribution in [0.25, 0.3) is 0 Å². The first-order valence-electron chi connectivity index (χ1n) is 7.15. The van der Waals surface area contributed by atoms with Gasteiger partial charge in [0, 0.05) is 0 Å². The minimum atomic E-state index is 0.974. The lowest BCUT2D eigenvalue weighted by molar-refractivity contribution is 0.263. The molecule has 1 nitrogen and oxygen atoms in total. The molecule has 0 radical (unpaired) electrons. The Morgan fingerprint density at radius 1 is 1.06 bits per heavy atom. The van der Waals surface area contributed by atoms with Crippen molar-refractivity contribution in [1.29, 1.82) is 0 Å². The zero-order valence-corrected chi connectivity index (χ0v) is 12.0. The first kappa shape index (κ1) is 14.4. The van der Waals surface area contributed by atoms with E-state index in [0.717, 1.165) is 11.8 Å². The molecule has 0 aromatic carbocycles. The van der Waals surface area contributed by atoms with E-state index in [-0.39, 0.29) is 0 Å². The first-order chi connectivity index (χ1) is 7.86. The van der Waals surface area contributed by atoms with Gasteiger partial charge in [0.2, 0.25) is 0 Å². The molecule has 0 spiro atoms. The summed E-state index contributed by atoms with van der Waals surface area (Å²) in [5, 5.41) is 3.63. The molecule has 1 N–H and O–H groups in total. The lowest BCUT2D eigenvalue weighted by Gasteiger charge is -2.27. The lowest BCUT2D eigenvalue weighted by Crippen LogP contribution is -2.27. The number of hydrogen-bond donors (Lipinski definition) is 1. The van der Waals surface area contributed by atoms with E-state index in [4.69, 9.17) is 0 Å². The van der Waals surface area contributed by atoms with Gasteiger partial charge in [-0.2, -0.15) is 11.8 Å². The third-order valence-electron chi connectivity index (χ3n) is 3.82. The first-order valence-corrected chi connectivity index (χ1v) is 8.30. The molecule has 0 amide bonds. The monoisotopic (exact) mass is 243 g/mol. The summed E-state index contributed by atoms with van der Waals surface area (Å²) >= 11 is 2.06. The van der Waals surface area contributed by atoms with Crippen LogP contribution < -0.4 is 5.32 Å². The predicted molar refractivity (Wildman–Crippen MR) is 76.2 cm³/mol. The van der Waals surface area contributed by atoms with Gasteiger partial charge in [0.15, 0.2) is 0 Å². The molecule has 1 saturated carbocycles. The van der Waals surface area contributed by atoms with E-state index in [1.165, 1.54) is 63.1 Å². The highest BCUT2D eigenvalue weighted by Gasteiger charge is 2.19. The second-order valence-corrected chi connectivity index (χ2v) is 6.44. The van der Waals surface area contributed by atoms with Gasteiger partial charge >= 0.3 is 0 Å². The molecule has 0 atom stereocenters. The van der Waals surface area contributed by atoms with Crippen molar-refractivity contribution >= 4 is 11.8 Å². The quantitative estimate of drug-likeness (QED) is 0.648. The summed E-state index contributed by atoms with van der Waals surface area (Å²) in [6.45, 7) is 7.08. The van der Waals surface area contributed by atoms with Crippen LogP contribution in [-0.2, 0) is 0 Å². The van der Waals surface area contributed by atoms with E-state index in [1.807, 2.05) is 0 Å². The maximum absolute atomic E-state index is 3.63. The number of nitrogens with one attached hydrogen (secondary N) is 1. The summed E-state index contributed by atoms with van der Waals surface area (Å²) in [4.78, 5) is 0. The molecule has 0 heterocycles. The van der Waals surface area contributed by atoms with Crippen molar-refractivity contribution in [3.63, 3.8) is 0 Å². The van der Waals surface area contributed by atoms with Crippen LogP contribution in [-0.4, -0.2) is 24.6 Å². The van der Waals surface area contributed by atoms with Gasteiger partial charge in [-0.1, -0.05) is 33.1 Å². The zero-order chi connectivity index (χ0) is 11.6. The van der Waals surface area contributed by atoms with Crippen molar-refractivity contribution in [3.8, 4) is 0 Å². The molecule has 0 aromatic rings. The van der Waals surface area contributed by atoms with Gasteiger partial charge in [-0.3, -0.25) is 0 Å². The van der Waals surface area contributed by atoms with Gasteiger partial charge in [0.05, 0.1) is 0 Å². The molecule has 0 aliphatic heterocycles. The van der Waals surface area contributed by atoms with Crippen molar-refractivity contribution in [2.75, 3.05) is 24.6 Å². The van der Waals surface area contributed by atoms with Crippen molar-refractivity contribution in [3.05, 3.63) is 0 Å².